The van der Waals surface area contributed by atoms with Gasteiger partial charge in [0.15, 0.2) is 0 Å². The van der Waals surface area contributed by atoms with Gasteiger partial charge in [-0.05, 0) is 38.4 Å². The summed E-state index contributed by atoms with van der Waals surface area (Å²) in [6.45, 7) is 2.90. The van der Waals surface area contributed by atoms with Gasteiger partial charge in [-0.15, -0.1) is 0 Å². The minimum absolute atomic E-state index is 0.0318. The number of fused-ring (bicyclic) bond motifs is 1. The predicted molar refractivity (Wildman–Crippen MR) is 89.8 cm³/mol. The molecule has 2 unspecified atom stereocenters. The van der Waals surface area contributed by atoms with E-state index < -0.39 is 10.0 Å². The molecule has 0 spiro atoms. The average molecular weight is 339 g/mol. The van der Waals surface area contributed by atoms with Crippen LogP contribution in [0.5, 0.6) is 0 Å². The van der Waals surface area contributed by atoms with Crippen molar-refractivity contribution < 1.29 is 8.42 Å². The molecule has 0 aliphatic carbocycles. The van der Waals surface area contributed by atoms with Gasteiger partial charge in [0.05, 0.1) is 4.90 Å². The summed E-state index contributed by atoms with van der Waals surface area (Å²) in [5.74, 6) is 0. The van der Waals surface area contributed by atoms with E-state index in [1.807, 2.05) is 18.2 Å². The Morgan fingerprint density at radius 2 is 1.91 bits per heavy atom. The third-order valence-electron chi connectivity index (χ3n) is 4.07. The Labute approximate surface area is 135 Å². The number of sulfonamides is 1. The van der Waals surface area contributed by atoms with E-state index in [1.165, 1.54) is 0 Å². The van der Waals surface area contributed by atoms with Crippen molar-refractivity contribution in [3.63, 3.8) is 0 Å². The normalized spacial score (nSPS) is 22.8. The fourth-order valence-electron chi connectivity index (χ4n) is 2.99. The number of piperidine rings is 1. The Morgan fingerprint density at radius 3 is 2.64 bits per heavy atom. The second-order valence-electron chi connectivity index (χ2n) is 5.79. The Hall–Kier alpha value is -1.14. The molecule has 2 atom stereocenters. The summed E-state index contributed by atoms with van der Waals surface area (Å²) in [6.07, 6.45) is 1.60. The maximum atomic E-state index is 12.8. The molecule has 1 saturated heterocycles. The number of hydrogen-bond acceptors (Lipinski definition) is 3. The molecule has 6 heteroatoms. The zero-order valence-corrected chi connectivity index (χ0v) is 13.9. The monoisotopic (exact) mass is 338 g/mol. The highest BCUT2D eigenvalue weighted by Gasteiger charge is 2.25. The summed E-state index contributed by atoms with van der Waals surface area (Å²) < 4.78 is 28.4. The van der Waals surface area contributed by atoms with Crippen molar-refractivity contribution in [2.24, 2.45) is 0 Å². The van der Waals surface area contributed by atoms with Gasteiger partial charge in [0, 0.05) is 27.9 Å². The molecule has 22 heavy (non-hydrogen) atoms. The molecule has 2 N–H and O–H groups in total. The predicted octanol–water partition coefficient (Wildman–Crippen LogP) is 2.91. The maximum Gasteiger partial charge on any atom is 0.241 e. The van der Waals surface area contributed by atoms with Gasteiger partial charge in [-0.3, -0.25) is 0 Å². The van der Waals surface area contributed by atoms with Crippen molar-refractivity contribution in [1.29, 1.82) is 0 Å². The van der Waals surface area contributed by atoms with E-state index in [0.717, 1.165) is 24.8 Å². The summed E-state index contributed by atoms with van der Waals surface area (Å²) in [6, 6.07) is 10.8. The smallest absolute Gasteiger partial charge is 0.241 e. The molecule has 1 fully saturated rings. The van der Waals surface area contributed by atoms with Crippen LogP contribution in [0.25, 0.3) is 10.8 Å². The van der Waals surface area contributed by atoms with Crippen molar-refractivity contribution in [1.82, 2.24) is 10.0 Å². The molecule has 0 aromatic heterocycles. The van der Waals surface area contributed by atoms with E-state index in [2.05, 4.69) is 17.0 Å². The molecule has 2 aromatic carbocycles. The first-order valence-electron chi connectivity index (χ1n) is 7.40. The minimum Gasteiger partial charge on any atom is -0.314 e. The lowest BCUT2D eigenvalue weighted by Gasteiger charge is -2.28. The molecule has 0 radical (unpaired) electrons. The lowest BCUT2D eigenvalue weighted by atomic mass is 10.0. The van der Waals surface area contributed by atoms with Crippen molar-refractivity contribution >= 4 is 32.4 Å². The molecule has 2 aromatic rings. The third kappa shape index (κ3) is 3.13. The quantitative estimate of drug-likeness (QED) is 0.904. The van der Waals surface area contributed by atoms with Crippen molar-refractivity contribution in [2.75, 3.05) is 6.54 Å². The van der Waals surface area contributed by atoms with E-state index in [4.69, 9.17) is 11.6 Å². The van der Waals surface area contributed by atoms with E-state index in [1.54, 1.807) is 18.2 Å². The lowest BCUT2D eigenvalue weighted by Crippen LogP contribution is -2.46. The van der Waals surface area contributed by atoms with E-state index in [0.29, 0.717) is 21.3 Å². The highest BCUT2D eigenvalue weighted by Crippen LogP contribution is 2.29. The van der Waals surface area contributed by atoms with Crippen molar-refractivity contribution in [3.8, 4) is 0 Å². The summed E-state index contributed by atoms with van der Waals surface area (Å²) in [7, 11) is -3.56. The fourth-order valence-corrected chi connectivity index (χ4v) is 4.71. The number of halogens is 1. The Morgan fingerprint density at radius 1 is 1.18 bits per heavy atom. The molecule has 4 nitrogen and oxygen atoms in total. The molecular formula is C16H19ClN2O2S. The largest absolute Gasteiger partial charge is 0.314 e. The second-order valence-corrected chi connectivity index (χ2v) is 7.88. The Kier molecular flexibility index (Phi) is 4.41. The zero-order valence-electron chi connectivity index (χ0n) is 12.3. The van der Waals surface area contributed by atoms with Crippen LogP contribution in [0.3, 0.4) is 0 Å². The zero-order chi connectivity index (χ0) is 15.7. The van der Waals surface area contributed by atoms with Crippen LogP contribution in [0.2, 0.25) is 5.02 Å². The molecule has 0 bridgehead atoms. The molecule has 0 saturated carbocycles. The lowest BCUT2D eigenvalue weighted by molar-refractivity contribution is 0.361. The molecule has 1 heterocycles. The van der Waals surface area contributed by atoms with Gasteiger partial charge in [-0.25, -0.2) is 13.1 Å². The van der Waals surface area contributed by atoms with Crippen LogP contribution in [0.15, 0.2) is 41.3 Å². The van der Waals surface area contributed by atoms with Gasteiger partial charge in [0.25, 0.3) is 0 Å². The highest BCUT2D eigenvalue weighted by atomic mass is 35.5. The Bertz CT molecular complexity index is 792. The second kappa shape index (κ2) is 6.16. The minimum atomic E-state index is -3.56. The standard InChI is InChI=1S/C16H19ClN2O2S/c1-11-10-12(8-9-18-11)19-22(20,21)16-7-6-15(17)13-4-2-3-5-14(13)16/h2-7,11-12,18-19H,8-10H2,1H3. The van der Waals surface area contributed by atoms with Crippen LogP contribution in [0.4, 0.5) is 0 Å². The van der Waals surface area contributed by atoms with Crippen LogP contribution >= 0.6 is 11.6 Å². The average Bonchev–Trinajstić information content (AvgIpc) is 2.47. The number of benzene rings is 2. The molecule has 1 aliphatic rings. The molecule has 1 aliphatic heterocycles. The van der Waals surface area contributed by atoms with Crippen LogP contribution in [-0.4, -0.2) is 27.0 Å². The number of rotatable bonds is 3. The number of hydrogen-bond donors (Lipinski definition) is 2. The fraction of sp³-hybridized carbons (Fsp3) is 0.375. The van der Waals surface area contributed by atoms with Crippen molar-refractivity contribution in [3.05, 3.63) is 41.4 Å². The molecule has 0 amide bonds. The van der Waals surface area contributed by atoms with Gasteiger partial charge in [-0.1, -0.05) is 35.9 Å². The van der Waals surface area contributed by atoms with Gasteiger partial charge in [0.1, 0.15) is 0 Å². The van der Waals surface area contributed by atoms with Crippen LogP contribution in [0, 0.1) is 0 Å². The summed E-state index contributed by atoms with van der Waals surface area (Å²) in [5, 5.41) is 5.29. The first kappa shape index (κ1) is 15.7. The molecular weight excluding hydrogens is 320 g/mol. The number of nitrogens with one attached hydrogen (secondary N) is 2. The third-order valence-corrected chi connectivity index (χ3v) is 5.97. The van der Waals surface area contributed by atoms with Crippen LogP contribution in [0.1, 0.15) is 19.8 Å². The van der Waals surface area contributed by atoms with Crippen LogP contribution in [-0.2, 0) is 10.0 Å². The van der Waals surface area contributed by atoms with Gasteiger partial charge >= 0.3 is 0 Å². The van der Waals surface area contributed by atoms with Crippen LogP contribution < -0.4 is 10.0 Å². The molecule has 118 valence electrons. The van der Waals surface area contributed by atoms with Gasteiger partial charge in [-0.2, -0.15) is 0 Å². The molecule has 3 rings (SSSR count). The summed E-state index contributed by atoms with van der Waals surface area (Å²) >= 11 is 6.17. The SMILES string of the molecule is CC1CC(NS(=O)(=O)c2ccc(Cl)c3ccccc23)CCN1. The van der Waals surface area contributed by atoms with E-state index >= 15 is 0 Å². The van der Waals surface area contributed by atoms with Crippen molar-refractivity contribution in [2.45, 2.75) is 36.7 Å². The van der Waals surface area contributed by atoms with E-state index in [9.17, 15) is 8.42 Å². The highest BCUT2D eigenvalue weighted by molar-refractivity contribution is 7.89. The first-order valence-corrected chi connectivity index (χ1v) is 9.26. The first-order chi connectivity index (χ1) is 10.5. The maximum absolute atomic E-state index is 12.8. The Balaban J connectivity index is 1.97. The summed E-state index contributed by atoms with van der Waals surface area (Å²) in [4.78, 5) is 0.290. The van der Waals surface area contributed by atoms with Gasteiger partial charge in [0.2, 0.25) is 10.0 Å². The topological polar surface area (TPSA) is 58.2 Å². The van der Waals surface area contributed by atoms with E-state index in [-0.39, 0.29) is 6.04 Å². The van der Waals surface area contributed by atoms with Gasteiger partial charge < -0.3 is 5.32 Å². The summed E-state index contributed by atoms with van der Waals surface area (Å²) in [5.41, 5.74) is 0.